The van der Waals surface area contributed by atoms with Crippen molar-refractivity contribution >= 4 is 5.91 Å². The van der Waals surface area contributed by atoms with E-state index in [4.69, 9.17) is 0 Å². The van der Waals surface area contributed by atoms with E-state index in [9.17, 15) is 4.79 Å². The number of nitrogens with one attached hydrogen (secondary N) is 2. The first-order chi connectivity index (χ1) is 8.16. The maximum atomic E-state index is 12.1. The number of aryl methyl sites for hydroxylation is 2. The van der Waals surface area contributed by atoms with Crippen LogP contribution < -0.4 is 10.6 Å². The molecule has 5 heteroatoms. The lowest BCUT2D eigenvalue weighted by molar-refractivity contribution is 0.0929. The van der Waals surface area contributed by atoms with E-state index in [0.29, 0.717) is 11.3 Å². The van der Waals surface area contributed by atoms with Crippen LogP contribution in [0.5, 0.6) is 0 Å². The topological polar surface area (TPSA) is 66.9 Å². The van der Waals surface area contributed by atoms with Gasteiger partial charge in [-0.1, -0.05) is 0 Å². The summed E-state index contributed by atoms with van der Waals surface area (Å²) in [5, 5.41) is 14.2. The molecule has 1 fully saturated rings. The van der Waals surface area contributed by atoms with Crippen molar-refractivity contribution in [3.05, 3.63) is 23.0 Å². The van der Waals surface area contributed by atoms with E-state index in [1.54, 1.807) is 13.0 Å². The zero-order valence-corrected chi connectivity index (χ0v) is 10.3. The fourth-order valence-corrected chi connectivity index (χ4v) is 2.02. The Labute approximate surface area is 101 Å². The number of amides is 1. The van der Waals surface area contributed by atoms with Crippen LogP contribution in [0.25, 0.3) is 0 Å². The van der Waals surface area contributed by atoms with Crippen molar-refractivity contribution in [1.29, 1.82) is 0 Å². The van der Waals surface area contributed by atoms with Crippen molar-refractivity contribution in [3.8, 4) is 0 Å². The minimum atomic E-state index is -0.0470. The van der Waals surface area contributed by atoms with Gasteiger partial charge in [0.2, 0.25) is 0 Å². The molecule has 0 bridgehead atoms. The molecule has 1 aromatic rings. The highest BCUT2D eigenvalue weighted by Gasteiger charge is 2.18. The van der Waals surface area contributed by atoms with E-state index in [2.05, 4.69) is 20.8 Å². The summed E-state index contributed by atoms with van der Waals surface area (Å²) in [5.74, 6) is -0.0470. The Bertz CT molecular complexity index is 413. The molecule has 2 heterocycles. The van der Waals surface area contributed by atoms with Crippen molar-refractivity contribution < 1.29 is 4.79 Å². The summed E-state index contributed by atoms with van der Waals surface area (Å²) in [6.45, 7) is 5.54. The Balaban J connectivity index is 2.05. The zero-order valence-electron chi connectivity index (χ0n) is 10.3. The Morgan fingerprint density at radius 2 is 2.29 bits per heavy atom. The van der Waals surface area contributed by atoms with Crippen LogP contribution in [0.2, 0.25) is 0 Å². The van der Waals surface area contributed by atoms with E-state index < -0.39 is 0 Å². The molecule has 2 N–H and O–H groups in total. The van der Waals surface area contributed by atoms with Crippen LogP contribution in [0.4, 0.5) is 0 Å². The molecule has 1 saturated heterocycles. The van der Waals surface area contributed by atoms with Gasteiger partial charge in [0.15, 0.2) is 0 Å². The highest BCUT2D eigenvalue weighted by atomic mass is 16.1. The first-order valence-corrected chi connectivity index (χ1v) is 5.99. The lowest BCUT2D eigenvalue weighted by Crippen LogP contribution is -2.45. The van der Waals surface area contributed by atoms with Crippen molar-refractivity contribution in [2.45, 2.75) is 32.7 Å². The van der Waals surface area contributed by atoms with Crippen LogP contribution in [0.15, 0.2) is 6.07 Å². The van der Waals surface area contributed by atoms with E-state index in [-0.39, 0.29) is 11.9 Å². The van der Waals surface area contributed by atoms with Crippen LogP contribution in [0.3, 0.4) is 0 Å². The summed E-state index contributed by atoms with van der Waals surface area (Å²) < 4.78 is 0. The molecule has 1 aromatic heterocycles. The third-order valence-corrected chi connectivity index (χ3v) is 2.98. The molecule has 2 rings (SSSR count). The van der Waals surface area contributed by atoms with Gasteiger partial charge in [0, 0.05) is 12.6 Å². The second-order valence-corrected chi connectivity index (χ2v) is 4.50. The largest absolute Gasteiger partial charge is 0.348 e. The number of nitrogens with zero attached hydrogens (tertiary/aromatic N) is 2. The number of carbonyl (C=O) groups is 1. The molecule has 1 unspecified atom stereocenters. The van der Waals surface area contributed by atoms with Crippen molar-refractivity contribution in [2.24, 2.45) is 0 Å². The highest BCUT2D eigenvalue weighted by molar-refractivity contribution is 5.95. The van der Waals surface area contributed by atoms with Gasteiger partial charge in [-0.05, 0) is 39.3 Å². The van der Waals surface area contributed by atoms with Gasteiger partial charge in [-0.15, -0.1) is 0 Å². The SMILES string of the molecule is Cc1cc(C(=O)NC2CCCNC2)c(C)nn1. The van der Waals surface area contributed by atoms with E-state index in [0.717, 1.165) is 31.6 Å². The van der Waals surface area contributed by atoms with Crippen molar-refractivity contribution in [1.82, 2.24) is 20.8 Å². The predicted octanol–water partition coefficient (Wildman–Crippen LogP) is 0.575. The second-order valence-electron chi connectivity index (χ2n) is 4.50. The Kier molecular flexibility index (Phi) is 3.68. The molecule has 0 saturated carbocycles. The quantitative estimate of drug-likeness (QED) is 0.785. The number of carbonyl (C=O) groups excluding carboxylic acids is 1. The van der Waals surface area contributed by atoms with Crippen LogP contribution in [0, 0.1) is 13.8 Å². The average molecular weight is 234 g/mol. The van der Waals surface area contributed by atoms with E-state index >= 15 is 0 Å². The lowest BCUT2D eigenvalue weighted by atomic mass is 10.1. The fraction of sp³-hybridized carbons (Fsp3) is 0.583. The molecule has 0 radical (unpaired) electrons. The minimum Gasteiger partial charge on any atom is -0.348 e. The Hall–Kier alpha value is -1.49. The summed E-state index contributed by atoms with van der Waals surface area (Å²) >= 11 is 0. The maximum absolute atomic E-state index is 12.1. The standard InChI is InChI=1S/C12H18N4O/c1-8-6-11(9(2)16-15-8)12(17)14-10-4-3-5-13-7-10/h6,10,13H,3-5,7H2,1-2H3,(H,14,17). The van der Waals surface area contributed by atoms with E-state index in [1.165, 1.54) is 0 Å². The normalized spacial score (nSPS) is 20.0. The maximum Gasteiger partial charge on any atom is 0.253 e. The monoisotopic (exact) mass is 234 g/mol. The molecule has 92 valence electrons. The van der Waals surface area contributed by atoms with Crippen LogP contribution in [0.1, 0.15) is 34.6 Å². The molecule has 17 heavy (non-hydrogen) atoms. The van der Waals surface area contributed by atoms with Gasteiger partial charge in [-0.3, -0.25) is 4.79 Å². The van der Waals surface area contributed by atoms with Crippen LogP contribution in [-0.4, -0.2) is 35.2 Å². The van der Waals surface area contributed by atoms with Gasteiger partial charge in [0.25, 0.3) is 5.91 Å². The molecule has 1 amide bonds. The number of hydrogen-bond donors (Lipinski definition) is 2. The molecule has 1 aliphatic rings. The second kappa shape index (κ2) is 5.23. The molecule has 0 aromatic carbocycles. The molecule has 0 aliphatic carbocycles. The van der Waals surface area contributed by atoms with Gasteiger partial charge in [0.1, 0.15) is 0 Å². The third-order valence-electron chi connectivity index (χ3n) is 2.98. The highest BCUT2D eigenvalue weighted by Crippen LogP contribution is 2.07. The molecule has 1 aliphatic heterocycles. The number of hydrogen-bond acceptors (Lipinski definition) is 4. The van der Waals surface area contributed by atoms with Crippen molar-refractivity contribution in [2.75, 3.05) is 13.1 Å². The van der Waals surface area contributed by atoms with E-state index in [1.807, 2.05) is 6.92 Å². The molecule has 0 spiro atoms. The lowest BCUT2D eigenvalue weighted by Gasteiger charge is -2.24. The number of aromatic nitrogens is 2. The summed E-state index contributed by atoms with van der Waals surface area (Å²) in [5.41, 5.74) is 2.07. The summed E-state index contributed by atoms with van der Waals surface area (Å²) in [6, 6.07) is 2.01. The number of rotatable bonds is 2. The summed E-state index contributed by atoms with van der Waals surface area (Å²) in [7, 11) is 0. The van der Waals surface area contributed by atoms with Gasteiger partial charge < -0.3 is 10.6 Å². The number of piperidine rings is 1. The Morgan fingerprint density at radius 1 is 1.47 bits per heavy atom. The Morgan fingerprint density at radius 3 is 3.00 bits per heavy atom. The van der Waals surface area contributed by atoms with Crippen LogP contribution >= 0.6 is 0 Å². The molecule has 5 nitrogen and oxygen atoms in total. The van der Waals surface area contributed by atoms with Gasteiger partial charge in [-0.2, -0.15) is 10.2 Å². The zero-order chi connectivity index (χ0) is 12.3. The average Bonchev–Trinajstić information content (AvgIpc) is 2.33. The molecular formula is C12H18N4O. The first kappa shape index (κ1) is 12.0. The van der Waals surface area contributed by atoms with Crippen molar-refractivity contribution in [3.63, 3.8) is 0 Å². The van der Waals surface area contributed by atoms with Crippen LogP contribution in [-0.2, 0) is 0 Å². The predicted molar refractivity (Wildman–Crippen MR) is 64.9 cm³/mol. The van der Waals surface area contributed by atoms with Gasteiger partial charge in [-0.25, -0.2) is 0 Å². The first-order valence-electron chi connectivity index (χ1n) is 5.99. The van der Waals surface area contributed by atoms with Gasteiger partial charge in [0.05, 0.1) is 17.0 Å². The third kappa shape index (κ3) is 3.00. The summed E-state index contributed by atoms with van der Waals surface area (Å²) in [6.07, 6.45) is 2.15. The molecular weight excluding hydrogens is 216 g/mol. The molecule has 1 atom stereocenters. The smallest absolute Gasteiger partial charge is 0.253 e. The summed E-state index contributed by atoms with van der Waals surface area (Å²) in [4.78, 5) is 12.1. The minimum absolute atomic E-state index is 0.0470. The van der Waals surface area contributed by atoms with Gasteiger partial charge >= 0.3 is 0 Å². The fourth-order valence-electron chi connectivity index (χ4n) is 2.02.